The van der Waals surface area contributed by atoms with Crippen molar-refractivity contribution in [2.45, 2.75) is 71.2 Å². The number of hydrogen-bond donors (Lipinski definition) is 3. The molecule has 0 saturated heterocycles. The van der Waals surface area contributed by atoms with Crippen LogP contribution in [0.25, 0.3) is 0 Å². The van der Waals surface area contributed by atoms with Gasteiger partial charge in [0.05, 0.1) is 7.11 Å². The average molecular weight is 572 g/mol. The smallest absolute Gasteiger partial charge is 0.408 e. The minimum Gasteiger partial charge on any atom is -0.508 e. The summed E-state index contributed by atoms with van der Waals surface area (Å²) in [5.74, 6) is 0.804. The highest BCUT2D eigenvalue weighted by Crippen LogP contribution is 2.41. The number of aromatic hydroxyl groups is 1. The molecule has 1 aliphatic carbocycles. The van der Waals surface area contributed by atoms with Gasteiger partial charge in [-0.15, -0.1) is 0 Å². The first-order valence-electron chi connectivity index (χ1n) is 13.4. The second-order valence-corrected chi connectivity index (χ2v) is 12.2. The Hall–Kier alpha value is -3.40. The van der Waals surface area contributed by atoms with Gasteiger partial charge in [-0.25, -0.2) is 4.79 Å². The van der Waals surface area contributed by atoms with Crippen LogP contribution in [0.5, 0.6) is 11.5 Å². The number of nitrogens with one attached hydrogen (secondary N) is 2. The van der Waals surface area contributed by atoms with Crippen LogP contribution in [0, 0.1) is 12.8 Å². The van der Waals surface area contributed by atoms with Crippen LogP contribution in [0.15, 0.2) is 42.5 Å². The van der Waals surface area contributed by atoms with E-state index in [0.29, 0.717) is 34.7 Å². The highest BCUT2D eigenvalue weighted by Gasteiger charge is 2.48. The fourth-order valence-corrected chi connectivity index (χ4v) is 4.94. The number of rotatable bonds is 11. The van der Waals surface area contributed by atoms with Crippen molar-refractivity contribution in [3.63, 3.8) is 0 Å². The van der Waals surface area contributed by atoms with Crippen molar-refractivity contribution in [2.24, 2.45) is 5.92 Å². The maximum atomic E-state index is 14.3. The molecule has 1 fully saturated rings. The fourth-order valence-electron chi connectivity index (χ4n) is 4.47. The summed E-state index contributed by atoms with van der Waals surface area (Å²) >= 11 is 1.56. The molecule has 9 nitrogen and oxygen atoms in total. The van der Waals surface area contributed by atoms with Gasteiger partial charge in [-0.3, -0.25) is 9.59 Å². The molecule has 2 aromatic rings. The molecule has 3 rings (SSSR count). The summed E-state index contributed by atoms with van der Waals surface area (Å²) in [6.07, 6.45) is 2.35. The zero-order valence-corrected chi connectivity index (χ0v) is 25.1. The summed E-state index contributed by atoms with van der Waals surface area (Å²) < 4.78 is 10.7. The normalized spacial score (nSPS) is 17.8. The Morgan fingerprint density at radius 3 is 2.33 bits per heavy atom. The second-order valence-electron chi connectivity index (χ2n) is 11.2. The number of phenols is 1. The molecule has 0 radical (unpaired) electrons. The molecule has 1 aliphatic rings. The van der Waals surface area contributed by atoms with Gasteiger partial charge in [-0.1, -0.05) is 13.0 Å². The third-order valence-corrected chi connectivity index (χ3v) is 7.34. The number of thioether (sulfide) groups is 1. The van der Waals surface area contributed by atoms with Crippen molar-refractivity contribution < 1.29 is 29.0 Å². The molecule has 1 saturated carbocycles. The number of anilines is 1. The minimum atomic E-state index is -0.999. The van der Waals surface area contributed by atoms with E-state index in [2.05, 4.69) is 10.6 Å². The van der Waals surface area contributed by atoms with E-state index < -0.39 is 29.7 Å². The molecule has 40 heavy (non-hydrogen) atoms. The summed E-state index contributed by atoms with van der Waals surface area (Å²) in [6.45, 7) is 9.06. The van der Waals surface area contributed by atoms with Crippen LogP contribution < -0.4 is 15.4 Å². The monoisotopic (exact) mass is 571 g/mol. The topological polar surface area (TPSA) is 117 Å². The standard InChI is InChI=1S/C30H41N3O6S/c1-18-17-24(18)33(28(36)23(14-15-40-7)32-29(37)39-30(3,4)5)26(20-8-13-25(34)19(2)16-20)27(35)31-21-9-11-22(38-6)12-10-21/h8-13,16,18,23-24,26,34H,14-15,17H2,1-7H3,(H,31,35)(H,32,37). The Balaban J connectivity index is 2.02. The quantitative estimate of drug-likeness (QED) is 0.336. The van der Waals surface area contributed by atoms with E-state index in [4.69, 9.17) is 9.47 Å². The summed E-state index contributed by atoms with van der Waals surface area (Å²) in [5, 5.41) is 15.9. The maximum absolute atomic E-state index is 14.3. The molecule has 3 amide bonds. The summed E-state index contributed by atoms with van der Waals surface area (Å²) in [6, 6.07) is 9.78. The number of carbonyl (C=O) groups is 3. The lowest BCUT2D eigenvalue weighted by atomic mass is 9.99. The molecule has 2 aromatic carbocycles. The van der Waals surface area contributed by atoms with Gasteiger partial charge >= 0.3 is 6.09 Å². The zero-order chi connectivity index (χ0) is 29.6. The van der Waals surface area contributed by atoms with Crippen molar-refractivity contribution in [3.8, 4) is 11.5 Å². The number of carbonyl (C=O) groups excluding carboxylic acids is 3. The van der Waals surface area contributed by atoms with Gasteiger partial charge in [0.25, 0.3) is 5.91 Å². The number of ether oxygens (including phenoxy) is 2. The van der Waals surface area contributed by atoms with Crippen molar-refractivity contribution in [1.29, 1.82) is 0 Å². The van der Waals surface area contributed by atoms with E-state index in [-0.39, 0.29) is 23.6 Å². The third-order valence-electron chi connectivity index (χ3n) is 6.70. The Morgan fingerprint density at radius 1 is 1.15 bits per heavy atom. The molecule has 0 spiro atoms. The number of nitrogens with zero attached hydrogens (tertiary/aromatic N) is 1. The summed E-state index contributed by atoms with van der Waals surface area (Å²) in [4.78, 5) is 42.6. The number of methoxy groups -OCH3 is 1. The first-order valence-corrected chi connectivity index (χ1v) is 14.8. The predicted octanol–water partition coefficient (Wildman–Crippen LogP) is 5.27. The van der Waals surface area contributed by atoms with Crippen LogP contribution in [-0.2, 0) is 14.3 Å². The zero-order valence-electron chi connectivity index (χ0n) is 24.3. The van der Waals surface area contributed by atoms with Gasteiger partial charge < -0.3 is 30.1 Å². The van der Waals surface area contributed by atoms with Gasteiger partial charge in [0.15, 0.2) is 0 Å². The highest BCUT2D eigenvalue weighted by molar-refractivity contribution is 7.98. The van der Waals surface area contributed by atoms with Crippen molar-refractivity contribution >= 4 is 35.4 Å². The van der Waals surface area contributed by atoms with Crippen LogP contribution in [0.2, 0.25) is 0 Å². The summed E-state index contributed by atoms with van der Waals surface area (Å²) in [5.41, 5.74) is 0.969. The molecule has 10 heteroatoms. The van der Waals surface area contributed by atoms with Gasteiger partial charge in [0.2, 0.25) is 5.91 Å². The fraction of sp³-hybridized carbons (Fsp3) is 0.500. The molecule has 0 aliphatic heterocycles. The number of aryl methyl sites for hydroxylation is 1. The van der Waals surface area contributed by atoms with E-state index in [1.165, 1.54) is 6.07 Å². The molecule has 4 unspecified atom stereocenters. The maximum Gasteiger partial charge on any atom is 0.408 e. The molecule has 0 heterocycles. The average Bonchev–Trinajstić information content (AvgIpc) is 3.61. The van der Waals surface area contributed by atoms with Crippen LogP contribution in [-0.4, -0.2) is 64.7 Å². The summed E-state index contributed by atoms with van der Waals surface area (Å²) in [7, 11) is 1.57. The molecule has 0 bridgehead atoms. The number of amides is 3. The Bertz CT molecular complexity index is 1200. The highest BCUT2D eigenvalue weighted by atomic mass is 32.2. The Labute approximate surface area is 241 Å². The first-order chi connectivity index (χ1) is 18.8. The molecule has 0 aromatic heterocycles. The lowest BCUT2D eigenvalue weighted by Crippen LogP contribution is -2.53. The number of hydrogen-bond acceptors (Lipinski definition) is 7. The van der Waals surface area contributed by atoms with Gasteiger partial charge in [0.1, 0.15) is 29.2 Å². The van der Waals surface area contributed by atoms with E-state index in [1.54, 1.807) is 87.9 Å². The number of phenolic OH excluding ortho intramolecular Hbond substituents is 1. The largest absolute Gasteiger partial charge is 0.508 e. The third kappa shape index (κ3) is 8.30. The van der Waals surface area contributed by atoms with Crippen LogP contribution in [0.3, 0.4) is 0 Å². The van der Waals surface area contributed by atoms with E-state index in [0.717, 1.165) is 6.42 Å². The second kappa shape index (κ2) is 13.3. The number of benzene rings is 2. The van der Waals surface area contributed by atoms with Crippen molar-refractivity contribution in [2.75, 3.05) is 24.4 Å². The van der Waals surface area contributed by atoms with Crippen LogP contribution >= 0.6 is 11.8 Å². The van der Waals surface area contributed by atoms with Crippen LogP contribution in [0.4, 0.5) is 10.5 Å². The number of alkyl carbamates (subject to hydrolysis) is 1. The van der Waals surface area contributed by atoms with Crippen molar-refractivity contribution in [3.05, 3.63) is 53.6 Å². The first kappa shape index (κ1) is 31.1. The predicted molar refractivity (Wildman–Crippen MR) is 158 cm³/mol. The van der Waals surface area contributed by atoms with Gasteiger partial charge in [-0.2, -0.15) is 11.8 Å². The van der Waals surface area contributed by atoms with E-state index in [9.17, 15) is 19.5 Å². The molecule has 4 atom stereocenters. The van der Waals surface area contributed by atoms with Gasteiger partial charge in [-0.05, 0) is 106 Å². The van der Waals surface area contributed by atoms with Crippen LogP contribution in [0.1, 0.15) is 57.7 Å². The molecular weight excluding hydrogens is 530 g/mol. The lowest BCUT2D eigenvalue weighted by molar-refractivity contribution is -0.141. The molecule has 3 N–H and O–H groups in total. The lowest BCUT2D eigenvalue weighted by Gasteiger charge is -2.35. The Kier molecular flexibility index (Phi) is 10.4. The molecule has 218 valence electrons. The van der Waals surface area contributed by atoms with Crippen molar-refractivity contribution in [1.82, 2.24) is 10.2 Å². The van der Waals surface area contributed by atoms with E-state index in [1.807, 2.05) is 13.2 Å². The SMILES string of the molecule is COc1ccc(NC(=O)C(c2ccc(O)c(C)c2)N(C(=O)C(CCSC)NC(=O)OC(C)(C)C)C2CC2C)cc1. The molecular formula is C30H41N3O6S. The minimum absolute atomic E-state index is 0.0974. The van der Waals surface area contributed by atoms with E-state index >= 15 is 0 Å². The van der Waals surface area contributed by atoms with Gasteiger partial charge in [0, 0.05) is 11.7 Å². The Morgan fingerprint density at radius 2 is 1.80 bits per heavy atom.